The largest absolute Gasteiger partial charge is 0.496 e. The summed E-state index contributed by atoms with van der Waals surface area (Å²) in [5, 5.41) is 3.85. The number of nitrogens with zero attached hydrogens (tertiary/aromatic N) is 3. The molecule has 1 aromatic carbocycles. The number of methoxy groups -OCH3 is 1. The van der Waals surface area contributed by atoms with Crippen LogP contribution in [0.1, 0.15) is 25.2 Å². The minimum atomic E-state index is -4.40. The van der Waals surface area contributed by atoms with E-state index in [2.05, 4.69) is 10.1 Å². The quantitative estimate of drug-likeness (QED) is 0.809. The number of rotatable bonds is 5. The van der Waals surface area contributed by atoms with E-state index in [1.807, 2.05) is 0 Å². The number of aromatic nitrogens is 2. The number of alkyl halides is 3. The summed E-state index contributed by atoms with van der Waals surface area (Å²) in [5.41, 5.74) is 0.632. The molecule has 1 aliphatic heterocycles. The van der Waals surface area contributed by atoms with Gasteiger partial charge in [-0.15, -0.1) is 0 Å². The molecule has 1 atom stereocenters. The van der Waals surface area contributed by atoms with Crippen LogP contribution >= 0.6 is 0 Å². The average Bonchev–Trinajstić information content (AvgIpc) is 3.28. The molecule has 0 saturated carbocycles. The molecule has 0 bridgehead atoms. The van der Waals surface area contributed by atoms with Gasteiger partial charge in [0.05, 0.1) is 12.7 Å². The minimum absolute atomic E-state index is 0.0479. The number of amides is 1. The van der Waals surface area contributed by atoms with Crippen LogP contribution in [0, 0.1) is 0 Å². The van der Waals surface area contributed by atoms with Gasteiger partial charge >= 0.3 is 6.18 Å². The van der Waals surface area contributed by atoms with Crippen molar-refractivity contribution in [1.82, 2.24) is 15.0 Å². The van der Waals surface area contributed by atoms with Crippen LogP contribution in [0.5, 0.6) is 5.75 Å². The summed E-state index contributed by atoms with van der Waals surface area (Å²) >= 11 is 0. The van der Waals surface area contributed by atoms with Crippen LogP contribution in [0.2, 0.25) is 0 Å². The molecule has 0 radical (unpaired) electrons. The van der Waals surface area contributed by atoms with Gasteiger partial charge in [0.2, 0.25) is 17.6 Å². The van der Waals surface area contributed by atoms with Gasteiger partial charge in [-0.1, -0.05) is 17.3 Å². The van der Waals surface area contributed by atoms with Crippen molar-refractivity contribution in [3.8, 4) is 17.1 Å². The van der Waals surface area contributed by atoms with Crippen molar-refractivity contribution in [2.24, 2.45) is 0 Å². The molecule has 140 valence electrons. The van der Waals surface area contributed by atoms with Crippen molar-refractivity contribution in [1.29, 1.82) is 0 Å². The fourth-order valence-electron chi connectivity index (χ4n) is 3.06. The summed E-state index contributed by atoms with van der Waals surface area (Å²) in [4.78, 5) is 17.3. The number of hydrogen-bond acceptors (Lipinski definition) is 5. The Bertz CT molecular complexity index is 776. The van der Waals surface area contributed by atoms with Crippen LogP contribution in [-0.4, -0.2) is 46.8 Å². The molecule has 0 N–H and O–H groups in total. The topological polar surface area (TPSA) is 68.5 Å². The van der Waals surface area contributed by atoms with E-state index in [4.69, 9.17) is 9.26 Å². The molecule has 2 heterocycles. The van der Waals surface area contributed by atoms with Crippen LogP contribution in [-0.2, 0) is 11.2 Å². The van der Waals surface area contributed by atoms with E-state index in [1.165, 1.54) is 7.11 Å². The predicted octanol–water partition coefficient (Wildman–Crippen LogP) is 3.23. The SMILES string of the molecule is COc1ccccc1-c1noc(CCC(=O)N2CCC[C@@H]2C(F)(F)F)n1. The highest BCUT2D eigenvalue weighted by molar-refractivity contribution is 5.77. The summed E-state index contributed by atoms with van der Waals surface area (Å²) in [7, 11) is 1.52. The van der Waals surface area contributed by atoms with Crippen molar-refractivity contribution in [2.45, 2.75) is 37.9 Å². The Morgan fingerprint density at radius 2 is 2.15 bits per heavy atom. The number of halogens is 3. The molecular formula is C17H18F3N3O3. The number of carbonyl (C=O) groups is 1. The van der Waals surface area contributed by atoms with Gasteiger partial charge in [0.15, 0.2) is 0 Å². The first-order valence-electron chi connectivity index (χ1n) is 8.22. The third-order valence-electron chi connectivity index (χ3n) is 4.32. The Kier molecular flexibility index (Phi) is 5.15. The van der Waals surface area contributed by atoms with E-state index in [9.17, 15) is 18.0 Å². The van der Waals surface area contributed by atoms with Gasteiger partial charge in [-0.25, -0.2) is 0 Å². The van der Waals surface area contributed by atoms with Gasteiger partial charge in [-0.05, 0) is 25.0 Å². The molecule has 0 spiro atoms. The normalized spacial score (nSPS) is 17.5. The molecule has 0 aliphatic carbocycles. The first-order chi connectivity index (χ1) is 12.4. The highest BCUT2D eigenvalue weighted by Crippen LogP contribution is 2.33. The maximum atomic E-state index is 13.0. The fraction of sp³-hybridized carbons (Fsp3) is 0.471. The Labute approximate surface area is 147 Å². The Hall–Kier alpha value is -2.58. The Balaban J connectivity index is 1.64. The van der Waals surface area contributed by atoms with Crippen LogP contribution in [0.4, 0.5) is 13.2 Å². The molecule has 1 amide bonds. The van der Waals surface area contributed by atoms with Gasteiger partial charge in [0, 0.05) is 19.4 Å². The number of hydrogen-bond donors (Lipinski definition) is 0. The minimum Gasteiger partial charge on any atom is -0.496 e. The molecule has 0 unspecified atom stereocenters. The van der Waals surface area contributed by atoms with E-state index in [-0.39, 0.29) is 31.7 Å². The maximum Gasteiger partial charge on any atom is 0.408 e. The third-order valence-corrected chi connectivity index (χ3v) is 4.32. The van der Waals surface area contributed by atoms with Crippen molar-refractivity contribution in [3.05, 3.63) is 30.2 Å². The highest BCUT2D eigenvalue weighted by atomic mass is 19.4. The zero-order valence-corrected chi connectivity index (χ0v) is 14.1. The molecule has 9 heteroatoms. The van der Waals surface area contributed by atoms with E-state index < -0.39 is 18.1 Å². The lowest BCUT2D eigenvalue weighted by Gasteiger charge is -2.26. The van der Waals surface area contributed by atoms with Crippen LogP contribution in [0.25, 0.3) is 11.4 Å². The van der Waals surface area contributed by atoms with Gasteiger partial charge in [0.25, 0.3) is 0 Å². The first kappa shape index (κ1) is 18.2. The maximum absolute atomic E-state index is 13.0. The molecule has 1 saturated heterocycles. The monoisotopic (exact) mass is 369 g/mol. The number of carbonyl (C=O) groups excluding carboxylic acids is 1. The zero-order chi connectivity index (χ0) is 18.7. The third kappa shape index (κ3) is 3.81. The number of para-hydroxylation sites is 1. The van der Waals surface area contributed by atoms with Gasteiger partial charge in [-0.3, -0.25) is 4.79 Å². The summed E-state index contributed by atoms with van der Waals surface area (Å²) in [6.45, 7) is 0.124. The number of likely N-dealkylation sites (tertiary alicyclic amines) is 1. The second-order valence-electron chi connectivity index (χ2n) is 6.00. The Morgan fingerprint density at radius 1 is 1.38 bits per heavy atom. The van der Waals surface area contributed by atoms with Crippen molar-refractivity contribution in [3.63, 3.8) is 0 Å². The number of benzene rings is 1. The summed E-state index contributed by atoms with van der Waals surface area (Å²) < 4.78 is 49.2. The van der Waals surface area contributed by atoms with Crippen molar-refractivity contribution < 1.29 is 27.2 Å². The van der Waals surface area contributed by atoms with E-state index >= 15 is 0 Å². The number of ether oxygens (including phenoxy) is 1. The summed E-state index contributed by atoms with van der Waals surface area (Å²) in [6, 6.07) is 5.41. The second kappa shape index (κ2) is 7.35. The van der Waals surface area contributed by atoms with Gasteiger partial charge in [-0.2, -0.15) is 18.2 Å². The van der Waals surface area contributed by atoms with E-state index in [0.29, 0.717) is 23.6 Å². The van der Waals surface area contributed by atoms with E-state index in [0.717, 1.165) is 4.90 Å². The smallest absolute Gasteiger partial charge is 0.408 e. The lowest BCUT2D eigenvalue weighted by molar-refractivity contribution is -0.182. The summed E-state index contributed by atoms with van der Waals surface area (Å²) in [5.74, 6) is 0.518. The van der Waals surface area contributed by atoms with Crippen molar-refractivity contribution >= 4 is 5.91 Å². The molecular weight excluding hydrogens is 351 g/mol. The molecule has 1 fully saturated rings. The van der Waals surface area contributed by atoms with Gasteiger partial charge in [0.1, 0.15) is 11.8 Å². The van der Waals surface area contributed by atoms with Crippen LogP contribution in [0.3, 0.4) is 0 Å². The van der Waals surface area contributed by atoms with Crippen molar-refractivity contribution in [2.75, 3.05) is 13.7 Å². The molecule has 3 rings (SSSR count). The molecule has 2 aromatic rings. The predicted molar refractivity (Wildman–Crippen MR) is 85.4 cm³/mol. The second-order valence-corrected chi connectivity index (χ2v) is 6.00. The van der Waals surface area contributed by atoms with Crippen LogP contribution in [0.15, 0.2) is 28.8 Å². The molecule has 1 aliphatic rings. The highest BCUT2D eigenvalue weighted by Gasteiger charge is 2.47. The number of aryl methyl sites for hydroxylation is 1. The van der Waals surface area contributed by atoms with E-state index in [1.54, 1.807) is 24.3 Å². The fourth-order valence-corrected chi connectivity index (χ4v) is 3.06. The molecule has 6 nitrogen and oxygen atoms in total. The molecule has 1 aromatic heterocycles. The standard InChI is InChI=1S/C17H18F3N3O3/c1-25-12-6-3-2-5-11(12)16-21-14(26-22-16)8-9-15(24)23-10-4-7-13(23)17(18,19)20/h2-3,5-6,13H,4,7-10H2,1H3/t13-/m1/s1. The Morgan fingerprint density at radius 3 is 2.88 bits per heavy atom. The lowest BCUT2D eigenvalue weighted by atomic mass is 10.2. The molecule has 26 heavy (non-hydrogen) atoms. The zero-order valence-electron chi connectivity index (χ0n) is 14.1. The van der Waals surface area contributed by atoms with Gasteiger partial charge < -0.3 is 14.2 Å². The summed E-state index contributed by atoms with van der Waals surface area (Å²) in [6.07, 6.45) is -4.11. The van der Waals surface area contributed by atoms with Crippen LogP contribution < -0.4 is 4.74 Å². The average molecular weight is 369 g/mol. The lowest BCUT2D eigenvalue weighted by Crippen LogP contribution is -2.44. The first-order valence-corrected chi connectivity index (χ1v) is 8.22.